The number of morpholine rings is 1. The average Bonchev–Trinajstić information content (AvgIpc) is 2.43. The number of hydrogen-bond acceptors (Lipinski definition) is 3. The molecule has 0 atom stereocenters. The molecule has 0 spiro atoms. The summed E-state index contributed by atoms with van der Waals surface area (Å²) in [6.45, 7) is 7.01. The zero-order valence-corrected chi connectivity index (χ0v) is 13.9. The van der Waals surface area contributed by atoms with Gasteiger partial charge in [-0.1, -0.05) is 17.7 Å². The van der Waals surface area contributed by atoms with Crippen LogP contribution in [0.1, 0.15) is 12.0 Å². The summed E-state index contributed by atoms with van der Waals surface area (Å²) in [5.74, 6) is 0. The molecular formula is C14H20ClIN2O. The molecule has 1 aromatic rings. The van der Waals surface area contributed by atoms with E-state index in [1.165, 1.54) is 12.0 Å². The summed E-state index contributed by atoms with van der Waals surface area (Å²) in [6.07, 6.45) is 1.18. The highest BCUT2D eigenvalue weighted by Gasteiger charge is 2.08. The Morgan fingerprint density at radius 1 is 1.32 bits per heavy atom. The maximum Gasteiger partial charge on any atom is 0.0594 e. The number of benzene rings is 1. The first-order chi connectivity index (χ1) is 9.25. The molecule has 0 bridgehead atoms. The van der Waals surface area contributed by atoms with E-state index in [-0.39, 0.29) is 0 Å². The number of nitrogens with one attached hydrogen (secondary N) is 1. The lowest BCUT2D eigenvalue weighted by molar-refractivity contribution is 0.0374. The number of rotatable bonds is 6. The lowest BCUT2D eigenvalue weighted by atomic mass is 10.2. The number of hydrogen-bond donors (Lipinski definition) is 1. The molecule has 0 unspecified atom stereocenters. The number of nitrogens with zero attached hydrogens (tertiary/aromatic N) is 1. The maximum absolute atomic E-state index is 6.10. The standard InChI is InChI=1S/C14H20ClIN2O/c15-13-10-12(2-3-14(13)16)11-17-4-1-5-18-6-8-19-9-7-18/h2-3,10,17H,1,4-9,11H2. The first kappa shape index (κ1) is 15.5. The summed E-state index contributed by atoms with van der Waals surface area (Å²) in [6, 6.07) is 6.23. The Balaban J connectivity index is 1.59. The number of halogens is 2. The molecular weight excluding hydrogens is 375 g/mol. The largest absolute Gasteiger partial charge is 0.379 e. The quantitative estimate of drug-likeness (QED) is 0.593. The SMILES string of the molecule is Clc1cc(CNCCCN2CCOCC2)ccc1I. The summed E-state index contributed by atoms with van der Waals surface area (Å²) in [5.41, 5.74) is 1.25. The Kier molecular flexibility index (Phi) is 6.87. The van der Waals surface area contributed by atoms with E-state index in [1.807, 2.05) is 6.07 Å². The van der Waals surface area contributed by atoms with Gasteiger partial charge in [-0.3, -0.25) is 4.90 Å². The third-order valence-electron chi connectivity index (χ3n) is 3.24. The van der Waals surface area contributed by atoms with E-state index in [0.29, 0.717) is 0 Å². The highest BCUT2D eigenvalue weighted by Crippen LogP contribution is 2.19. The maximum atomic E-state index is 6.10. The Morgan fingerprint density at radius 3 is 2.84 bits per heavy atom. The first-order valence-corrected chi connectivity index (χ1v) is 8.16. The summed E-state index contributed by atoms with van der Waals surface area (Å²) in [5, 5.41) is 4.31. The second-order valence-corrected chi connectivity index (χ2v) is 6.30. The van der Waals surface area contributed by atoms with Crippen LogP contribution in [0.3, 0.4) is 0 Å². The summed E-state index contributed by atoms with van der Waals surface area (Å²) < 4.78 is 6.44. The summed E-state index contributed by atoms with van der Waals surface area (Å²) in [7, 11) is 0. The predicted octanol–water partition coefficient (Wildman–Crippen LogP) is 2.76. The van der Waals surface area contributed by atoms with Crippen LogP contribution in [0.25, 0.3) is 0 Å². The molecule has 5 heteroatoms. The molecule has 1 aliphatic rings. The minimum Gasteiger partial charge on any atom is -0.379 e. The second-order valence-electron chi connectivity index (χ2n) is 4.73. The van der Waals surface area contributed by atoms with Crippen molar-refractivity contribution in [1.29, 1.82) is 0 Å². The van der Waals surface area contributed by atoms with E-state index >= 15 is 0 Å². The van der Waals surface area contributed by atoms with Crippen molar-refractivity contribution in [1.82, 2.24) is 10.2 Å². The Labute approximate surface area is 133 Å². The van der Waals surface area contributed by atoms with E-state index < -0.39 is 0 Å². The van der Waals surface area contributed by atoms with Crippen molar-refractivity contribution in [2.75, 3.05) is 39.4 Å². The summed E-state index contributed by atoms with van der Waals surface area (Å²) >= 11 is 8.35. The molecule has 1 N–H and O–H groups in total. The minimum absolute atomic E-state index is 0.841. The predicted molar refractivity (Wildman–Crippen MR) is 87.8 cm³/mol. The fraction of sp³-hybridized carbons (Fsp3) is 0.571. The molecule has 1 heterocycles. The minimum atomic E-state index is 0.841. The van der Waals surface area contributed by atoms with Gasteiger partial charge in [-0.25, -0.2) is 0 Å². The van der Waals surface area contributed by atoms with E-state index in [0.717, 1.165) is 54.5 Å². The van der Waals surface area contributed by atoms with Gasteiger partial charge < -0.3 is 10.1 Å². The van der Waals surface area contributed by atoms with Crippen molar-refractivity contribution >= 4 is 34.2 Å². The van der Waals surface area contributed by atoms with Gasteiger partial charge in [0.15, 0.2) is 0 Å². The molecule has 1 saturated heterocycles. The van der Waals surface area contributed by atoms with Crippen LogP contribution >= 0.6 is 34.2 Å². The zero-order chi connectivity index (χ0) is 13.5. The topological polar surface area (TPSA) is 24.5 Å². The zero-order valence-electron chi connectivity index (χ0n) is 11.0. The smallest absolute Gasteiger partial charge is 0.0594 e. The van der Waals surface area contributed by atoms with Gasteiger partial charge in [-0.05, 0) is 59.8 Å². The molecule has 0 radical (unpaired) electrons. The van der Waals surface area contributed by atoms with Crippen LogP contribution in [0, 0.1) is 3.57 Å². The van der Waals surface area contributed by atoms with Crippen LogP contribution in [0.2, 0.25) is 5.02 Å². The van der Waals surface area contributed by atoms with Gasteiger partial charge in [0.2, 0.25) is 0 Å². The van der Waals surface area contributed by atoms with Gasteiger partial charge in [0.1, 0.15) is 0 Å². The van der Waals surface area contributed by atoms with Gasteiger partial charge in [0.25, 0.3) is 0 Å². The van der Waals surface area contributed by atoms with E-state index in [1.54, 1.807) is 0 Å². The van der Waals surface area contributed by atoms with E-state index in [4.69, 9.17) is 16.3 Å². The monoisotopic (exact) mass is 394 g/mol. The molecule has 0 aliphatic carbocycles. The second kappa shape index (κ2) is 8.42. The summed E-state index contributed by atoms with van der Waals surface area (Å²) in [4.78, 5) is 2.47. The van der Waals surface area contributed by atoms with Gasteiger partial charge in [0.05, 0.1) is 18.2 Å². The van der Waals surface area contributed by atoms with Crippen LogP contribution < -0.4 is 5.32 Å². The third-order valence-corrected chi connectivity index (χ3v) is 4.82. The molecule has 19 heavy (non-hydrogen) atoms. The highest BCUT2D eigenvalue weighted by atomic mass is 127. The van der Waals surface area contributed by atoms with Gasteiger partial charge in [-0.2, -0.15) is 0 Å². The van der Waals surface area contributed by atoms with Gasteiger partial charge in [-0.15, -0.1) is 0 Å². The Morgan fingerprint density at radius 2 is 2.11 bits per heavy atom. The normalized spacial score (nSPS) is 16.7. The van der Waals surface area contributed by atoms with Gasteiger partial charge in [0, 0.05) is 23.2 Å². The fourth-order valence-corrected chi connectivity index (χ4v) is 2.67. The van der Waals surface area contributed by atoms with Gasteiger partial charge >= 0.3 is 0 Å². The Bertz CT molecular complexity index is 397. The molecule has 106 valence electrons. The molecule has 0 saturated carbocycles. The molecule has 1 aromatic carbocycles. The Hall–Kier alpha value is 0.120. The fourth-order valence-electron chi connectivity index (χ4n) is 2.13. The van der Waals surface area contributed by atoms with Crippen LogP contribution in [0.15, 0.2) is 18.2 Å². The first-order valence-electron chi connectivity index (χ1n) is 6.70. The molecule has 0 amide bonds. The lowest BCUT2D eigenvalue weighted by Crippen LogP contribution is -2.37. The van der Waals surface area contributed by atoms with Crippen molar-refractivity contribution in [2.45, 2.75) is 13.0 Å². The number of ether oxygens (including phenoxy) is 1. The van der Waals surface area contributed by atoms with Crippen LogP contribution in [0.5, 0.6) is 0 Å². The molecule has 1 fully saturated rings. The molecule has 2 rings (SSSR count). The van der Waals surface area contributed by atoms with E-state index in [9.17, 15) is 0 Å². The average molecular weight is 395 g/mol. The van der Waals surface area contributed by atoms with Crippen LogP contribution in [0.4, 0.5) is 0 Å². The van der Waals surface area contributed by atoms with Crippen molar-refractivity contribution < 1.29 is 4.74 Å². The van der Waals surface area contributed by atoms with Crippen LogP contribution in [-0.4, -0.2) is 44.3 Å². The van der Waals surface area contributed by atoms with Crippen molar-refractivity contribution in [3.63, 3.8) is 0 Å². The van der Waals surface area contributed by atoms with Crippen molar-refractivity contribution in [2.24, 2.45) is 0 Å². The van der Waals surface area contributed by atoms with Crippen LogP contribution in [-0.2, 0) is 11.3 Å². The van der Waals surface area contributed by atoms with Crippen molar-refractivity contribution in [3.8, 4) is 0 Å². The lowest BCUT2D eigenvalue weighted by Gasteiger charge is -2.26. The van der Waals surface area contributed by atoms with E-state index in [2.05, 4.69) is 44.9 Å². The highest BCUT2D eigenvalue weighted by molar-refractivity contribution is 14.1. The van der Waals surface area contributed by atoms with Crippen molar-refractivity contribution in [3.05, 3.63) is 32.4 Å². The molecule has 1 aliphatic heterocycles. The molecule has 3 nitrogen and oxygen atoms in total. The third kappa shape index (κ3) is 5.55. The molecule has 0 aromatic heterocycles.